The summed E-state index contributed by atoms with van der Waals surface area (Å²) < 4.78 is 4.25. The summed E-state index contributed by atoms with van der Waals surface area (Å²) >= 11 is 0. The molecule has 4 aliphatic carbocycles. The average molecular weight is 375 g/mol. The highest BCUT2D eigenvalue weighted by Crippen LogP contribution is 2.64. The van der Waals surface area contributed by atoms with E-state index >= 15 is 0 Å². The Balaban J connectivity index is 1.50. The van der Waals surface area contributed by atoms with Crippen LogP contribution in [0.5, 0.6) is 0 Å². The third-order valence-electron chi connectivity index (χ3n) is 7.25. The van der Waals surface area contributed by atoms with E-state index in [9.17, 15) is 0 Å². The Labute approximate surface area is 164 Å². The van der Waals surface area contributed by atoms with Gasteiger partial charge in [0.15, 0.2) is 0 Å². The molecule has 4 fully saturated rings. The molecule has 2 unspecified atom stereocenters. The lowest BCUT2D eigenvalue weighted by molar-refractivity contribution is -0.0723. The molecule has 4 saturated carbocycles. The van der Waals surface area contributed by atoms with Crippen LogP contribution in [0.2, 0.25) is 0 Å². The molecule has 0 N–H and O–H groups in total. The van der Waals surface area contributed by atoms with Crippen LogP contribution in [0.1, 0.15) is 55.9 Å². The van der Waals surface area contributed by atoms with Crippen LogP contribution >= 0.6 is 0 Å². The molecule has 0 aromatic carbocycles. The largest absolute Gasteiger partial charge is 0.261 e. The molecule has 0 spiro atoms. The number of aryl methyl sites for hydroxylation is 2. The van der Waals surface area contributed by atoms with Gasteiger partial charge in [0, 0.05) is 17.3 Å². The molecule has 144 valence electrons. The standard InChI is InChI=1S/C21H25N7/c1-14-5-18(3-4-23-14)28-19(25-15(2)26-28)20-7-16-6-17(8-20)10-21(9-16,11-20)27-13-22-12-24-27/h3-5,12-13,16-17H,6-11H2,1-2H3/t16-,17+,20?,21?. The molecule has 4 aliphatic rings. The molecule has 7 nitrogen and oxygen atoms in total. The monoisotopic (exact) mass is 375 g/mol. The number of hydrogen-bond donors (Lipinski definition) is 0. The lowest BCUT2D eigenvalue weighted by atomic mass is 9.46. The molecular weight excluding hydrogens is 350 g/mol. The third-order valence-corrected chi connectivity index (χ3v) is 7.25. The molecule has 3 aromatic heterocycles. The second kappa shape index (κ2) is 5.49. The number of pyridine rings is 1. The third kappa shape index (κ3) is 2.25. The summed E-state index contributed by atoms with van der Waals surface area (Å²) in [6.07, 6.45) is 12.7. The van der Waals surface area contributed by atoms with Gasteiger partial charge >= 0.3 is 0 Å². The summed E-state index contributed by atoms with van der Waals surface area (Å²) in [5.41, 5.74) is 2.21. The van der Waals surface area contributed by atoms with E-state index in [1.165, 1.54) is 32.1 Å². The van der Waals surface area contributed by atoms with Crippen molar-refractivity contribution in [3.05, 3.63) is 48.3 Å². The molecule has 7 heteroatoms. The lowest BCUT2D eigenvalue weighted by Gasteiger charge is -2.61. The van der Waals surface area contributed by atoms with E-state index in [1.807, 2.05) is 32.4 Å². The van der Waals surface area contributed by atoms with Crippen LogP contribution in [0.4, 0.5) is 0 Å². The fraction of sp³-hybridized carbons (Fsp3) is 0.571. The first-order valence-electron chi connectivity index (χ1n) is 10.3. The van der Waals surface area contributed by atoms with E-state index in [1.54, 1.807) is 6.33 Å². The smallest absolute Gasteiger partial charge is 0.148 e. The van der Waals surface area contributed by atoms with Gasteiger partial charge in [-0.3, -0.25) is 4.98 Å². The van der Waals surface area contributed by atoms with Gasteiger partial charge in [-0.15, -0.1) is 0 Å². The van der Waals surface area contributed by atoms with Gasteiger partial charge in [0.2, 0.25) is 0 Å². The van der Waals surface area contributed by atoms with E-state index in [2.05, 4.69) is 30.5 Å². The molecule has 7 rings (SSSR count). The van der Waals surface area contributed by atoms with E-state index in [0.29, 0.717) is 0 Å². The van der Waals surface area contributed by atoms with Crippen molar-refractivity contribution in [3.8, 4) is 5.69 Å². The highest BCUT2D eigenvalue weighted by atomic mass is 15.4. The van der Waals surface area contributed by atoms with Gasteiger partial charge in [-0.2, -0.15) is 10.2 Å². The minimum atomic E-state index is 0.0640. The fourth-order valence-electron chi connectivity index (χ4n) is 6.80. The Bertz CT molecular complexity index is 1020. The van der Waals surface area contributed by atoms with Gasteiger partial charge < -0.3 is 0 Å². The summed E-state index contributed by atoms with van der Waals surface area (Å²) in [6, 6.07) is 4.14. The normalized spacial score (nSPS) is 33.5. The first-order valence-corrected chi connectivity index (χ1v) is 10.3. The van der Waals surface area contributed by atoms with Crippen LogP contribution in [0.15, 0.2) is 31.0 Å². The van der Waals surface area contributed by atoms with Gasteiger partial charge in [-0.25, -0.2) is 19.3 Å². The minimum Gasteiger partial charge on any atom is -0.261 e. The van der Waals surface area contributed by atoms with E-state index in [-0.39, 0.29) is 11.0 Å². The molecule has 0 aliphatic heterocycles. The van der Waals surface area contributed by atoms with Crippen LogP contribution < -0.4 is 0 Å². The van der Waals surface area contributed by atoms with Crippen molar-refractivity contribution in [2.45, 2.75) is 63.3 Å². The number of rotatable bonds is 3. The summed E-state index contributed by atoms with van der Waals surface area (Å²) in [5, 5.41) is 9.39. The lowest BCUT2D eigenvalue weighted by Crippen LogP contribution is -2.59. The Kier molecular flexibility index (Phi) is 3.21. The predicted octanol–water partition coefficient (Wildman–Crippen LogP) is 3.12. The maximum Gasteiger partial charge on any atom is 0.148 e. The molecule has 0 radical (unpaired) electrons. The number of aromatic nitrogens is 7. The summed E-state index contributed by atoms with van der Waals surface area (Å²) in [7, 11) is 0. The van der Waals surface area contributed by atoms with Gasteiger partial charge in [0.25, 0.3) is 0 Å². The highest BCUT2D eigenvalue weighted by Gasteiger charge is 2.61. The van der Waals surface area contributed by atoms with Crippen molar-refractivity contribution in [3.63, 3.8) is 0 Å². The number of nitrogens with zero attached hydrogens (tertiary/aromatic N) is 7. The maximum atomic E-state index is 5.01. The average Bonchev–Trinajstić information content (AvgIpc) is 3.31. The SMILES string of the molecule is Cc1cc(-n2nc(C)nc2C23C[C@H]4C[C@@H](C2)CC(n2cncn2)(C4)C3)ccn1. The summed E-state index contributed by atoms with van der Waals surface area (Å²) in [6.45, 7) is 4.03. The van der Waals surface area contributed by atoms with Gasteiger partial charge in [0.05, 0.1) is 11.2 Å². The van der Waals surface area contributed by atoms with Gasteiger partial charge in [-0.1, -0.05) is 0 Å². The van der Waals surface area contributed by atoms with Crippen molar-refractivity contribution in [1.29, 1.82) is 0 Å². The van der Waals surface area contributed by atoms with Crippen molar-refractivity contribution in [2.75, 3.05) is 0 Å². The summed E-state index contributed by atoms with van der Waals surface area (Å²) in [5.74, 6) is 3.44. The van der Waals surface area contributed by atoms with Crippen molar-refractivity contribution >= 4 is 0 Å². The molecule has 3 heterocycles. The number of hydrogen-bond acceptors (Lipinski definition) is 5. The second-order valence-electron chi connectivity index (χ2n) is 9.36. The first kappa shape index (κ1) is 16.4. The summed E-state index contributed by atoms with van der Waals surface area (Å²) in [4.78, 5) is 13.6. The van der Waals surface area contributed by atoms with E-state index in [4.69, 9.17) is 10.1 Å². The highest BCUT2D eigenvalue weighted by molar-refractivity contribution is 5.35. The Hall–Kier alpha value is -2.57. The maximum absolute atomic E-state index is 5.01. The zero-order valence-electron chi connectivity index (χ0n) is 16.4. The molecule has 4 bridgehead atoms. The zero-order valence-corrected chi connectivity index (χ0v) is 16.4. The molecule has 28 heavy (non-hydrogen) atoms. The Morgan fingerprint density at radius 1 is 1.11 bits per heavy atom. The van der Waals surface area contributed by atoms with Crippen molar-refractivity contribution in [2.24, 2.45) is 11.8 Å². The molecule has 0 amide bonds. The van der Waals surface area contributed by atoms with Crippen LogP contribution in [0.3, 0.4) is 0 Å². The van der Waals surface area contributed by atoms with Crippen LogP contribution in [0.25, 0.3) is 5.69 Å². The van der Waals surface area contributed by atoms with E-state index in [0.717, 1.165) is 41.3 Å². The van der Waals surface area contributed by atoms with Crippen LogP contribution in [-0.2, 0) is 11.0 Å². The Morgan fingerprint density at radius 3 is 2.64 bits per heavy atom. The molecular formula is C21H25N7. The van der Waals surface area contributed by atoms with Gasteiger partial charge in [0.1, 0.15) is 24.3 Å². The zero-order chi connectivity index (χ0) is 18.9. The fourth-order valence-corrected chi connectivity index (χ4v) is 6.80. The van der Waals surface area contributed by atoms with Crippen LogP contribution in [-0.4, -0.2) is 34.5 Å². The predicted molar refractivity (Wildman–Crippen MR) is 103 cm³/mol. The van der Waals surface area contributed by atoms with Crippen molar-refractivity contribution < 1.29 is 0 Å². The van der Waals surface area contributed by atoms with E-state index < -0.39 is 0 Å². The topological polar surface area (TPSA) is 74.3 Å². The molecule has 3 aromatic rings. The first-order chi connectivity index (χ1) is 13.6. The van der Waals surface area contributed by atoms with Crippen LogP contribution in [0, 0.1) is 25.7 Å². The van der Waals surface area contributed by atoms with Gasteiger partial charge in [-0.05, 0) is 76.3 Å². The minimum absolute atomic E-state index is 0.0640. The Morgan fingerprint density at radius 2 is 1.93 bits per heavy atom. The second-order valence-corrected chi connectivity index (χ2v) is 9.36. The molecule has 0 saturated heterocycles. The molecule has 4 atom stereocenters. The van der Waals surface area contributed by atoms with Crippen molar-refractivity contribution in [1.82, 2.24) is 34.5 Å². The quantitative estimate of drug-likeness (QED) is 0.703.